The quantitative estimate of drug-likeness (QED) is 0.842. The Balaban J connectivity index is 1.57. The standard InChI is InChI=1S/C18H23NO3/c20-17(15-8-7-13-4-3-5-14(13)12-15)19-9-2-1-6-16(19)18-21-10-11-22-18/h7-8,12,16,18H,1-6,9-11H2. The molecule has 4 rings (SSSR count). The zero-order valence-electron chi connectivity index (χ0n) is 12.9. The Morgan fingerprint density at radius 3 is 2.73 bits per heavy atom. The van der Waals surface area contributed by atoms with Crippen molar-refractivity contribution < 1.29 is 14.3 Å². The molecule has 0 N–H and O–H groups in total. The average molecular weight is 301 g/mol. The summed E-state index contributed by atoms with van der Waals surface area (Å²) in [6.45, 7) is 2.09. The van der Waals surface area contributed by atoms with Crippen LogP contribution in [0, 0.1) is 0 Å². The fourth-order valence-electron chi connectivity index (χ4n) is 3.96. The molecular weight excluding hydrogens is 278 g/mol. The Labute approximate surface area is 131 Å². The smallest absolute Gasteiger partial charge is 0.254 e. The lowest BCUT2D eigenvalue weighted by Gasteiger charge is -2.38. The molecule has 1 aliphatic carbocycles. The number of ether oxygens (including phenoxy) is 2. The molecule has 3 aliphatic rings. The summed E-state index contributed by atoms with van der Waals surface area (Å²) in [6.07, 6.45) is 6.42. The molecule has 0 aromatic heterocycles. The Hall–Kier alpha value is -1.39. The van der Waals surface area contributed by atoms with E-state index < -0.39 is 0 Å². The number of likely N-dealkylation sites (tertiary alicyclic amines) is 1. The molecule has 2 fully saturated rings. The first kappa shape index (κ1) is 14.2. The van der Waals surface area contributed by atoms with E-state index in [9.17, 15) is 4.79 Å². The van der Waals surface area contributed by atoms with E-state index in [1.807, 2.05) is 11.0 Å². The molecule has 4 heteroatoms. The first-order valence-electron chi connectivity index (χ1n) is 8.49. The number of hydrogen-bond donors (Lipinski definition) is 0. The summed E-state index contributed by atoms with van der Waals surface area (Å²) >= 11 is 0. The van der Waals surface area contributed by atoms with Crippen LogP contribution < -0.4 is 0 Å². The van der Waals surface area contributed by atoms with Gasteiger partial charge in [-0.3, -0.25) is 4.79 Å². The summed E-state index contributed by atoms with van der Waals surface area (Å²) in [7, 11) is 0. The van der Waals surface area contributed by atoms with Gasteiger partial charge in [-0.05, 0) is 61.8 Å². The second kappa shape index (κ2) is 6.01. The van der Waals surface area contributed by atoms with Gasteiger partial charge < -0.3 is 14.4 Å². The fraction of sp³-hybridized carbons (Fsp3) is 0.611. The third kappa shape index (κ3) is 2.55. The zero-order valence-corrected chi connectivity index (χ0v) is 12.9. The lowest BCUT2D eigenvalue weighted by Crippen LogP contribution is -2.50. The van der Waals surface area contributed by atoms with Gasteiger partial charge in [0, 0.05) is 12.1 Å². The Kier molecular flexibility index (Phi) is 3.89. The summed E-state index contributed by atoms with van der Waals surface area (Å²) in [5.74, 6) is 0.138. The average Bonchev–Trinajstić information content (AvgIpc) is 3.24. The van der Waals surface area contributed by atoms with Crippen molar-refractivity contribution in [1.82, 2.24) is 4.90 Å². The van der Waals surface area contributed by atoms with Crippen LogP contribution in [0.15, 0.2) is 18.2 Å². The molecule has 0 radical (unpaired) electrons. The highest BCUT2D eigenvalue weighted by atomic mass is 16.7. The van der Waals surface area contributed by atoms with Gasteiger partial charge in [-0.2, -0.15) is 0 Å². The maximum absolute atomic E-state index is 13.0. The molecule has 4 nitrogen and oxygen atoms in total. The van der Waals surface area contributed by atoms with Gasteiger partial charge in [0.1, 0.15) is 0 Å². The number of aryl methyl sites for hydroxylation is 2. The highest BCUT2D eigenvalue weighted by molar-refractivity contribution is 5.94. The van der Waals surface area contributed by atoms with Gasteiger partial charge in [-0.1, -0.05) is 6.07 Å². The number of piperidine rings is 1. The second-order valence-electron chi connectivity index (χ2n) is 6.51. The molecule has 0 saturated carbocycles. The molecule has 1 atom stereocenters. The molecule has 1 aromatic carbocycles. The van der Waals surface area contributed by atoms with Crippen LogP contribution in [0.4, 0.5) is 0 Å². The van der Waals surface area contributed by atoms with E-state index in [1.165, 1.54) is 17.5 Å². The van der Waals surface area contributed by atoms with Crippen LogP contribution in [0.3, 0.4) is 0 Å². The van der Waals surface area contributed by atoms with Crippen molar-refractivity contribution in [2.75, 3.05) is 19.8 Å². The van der Waals surface area contributed by atoms with Crippen molar-refractivity contribution in [3.05, 3.63) is 34.9 Å². The minimum atomic E-state index is -0.237. The molecule has 0 bridgehead atoms. The lowest BCUT2D eigenvalue weighted by atomic mass is 9.99. The number of carbonyl (C=O) groups is 1. The lowest BCUT2D eigenvalue weighted by molar-refractivity contribution is -0.100. The first-order valence-corrected chi connectivity index (χ1v) is 8.49. The van der Waals surface area contributed by atoms with Gasteiger partial charge in [-0.15, -0.1) is 0 Å². The van der Waals surface area contributed by atoms with Crippen molar-refractivity contribution in [2.45, 2.75) is 50.9 Å². The largest absolute Gasteiger partial charge is 0.348 e. The number of hydrogen-bond acceptors (Lipinski definition) is 3. The first-order chi connectivity index (χ1) is 10.8. The summed E-state index contributed by atoms with van der Waals surface area (Å²) in [5.41, 5.74) is 3.59. The molecule has 22 heavy (non-hydrogen) atoms. The van der Waals surface area contributed by atoms with Crippen LogP contribution in [0.1, 0.15) is 47.2 Å². The normalized spacial score (nSPS) is 25.5. The molecule has 1 amide bonds. The molecule has 1 aromatic rings. The number of nitrogens with zero attached hydrogens (tertiary/aromatic N) is 1. The topological polar surface area (TPSA) is 38.8 Å². The monoisotopic (exact) mass is 301 g/mol. The number of carbonyl (C=O) groups excluding carboxylic acids is 1. The van der Waals surface area contributed by atoms with Gasteiger partial charge in [-0.25, -0.2) is 0 Å². The van der Waals surface area contributed by atoms with Crippen molar-refractivity contribution in [2.24, 2.45) is 0 Å². The van der Waals surface area contributed by atoms with Crippen molar-refractivity contribution in [3.63, 3.8) is 0 Å². The third-order valence-corrected chi connectivity index (χ3v) is 5.12. The summed E-state index contributed by atoms with van der Waals surface area (Å²) < 4.78 is 11.3. The third-order valence-electron chi connectivity index (χ3n) is 5.12. The fourth-order valence-corrected chi connectivity index (χ4v) is 3.96. The predicted molar refractivity (Wildman–Crippen MR) is 82.8 cm³/mol. The number of benzene rings is 1. The van der Waals surface area contributed by atoms with E-state index in [0.717, 1.165) is 44.2 Å². The van der Waals surface area contributed by atoms with Crippen molar-refractivity contribution in [3.8, 4) is 0 Å². The SMILES string of the molecule is O=C(c1ccc2c(c1)CCC2)N1CCCCC1C1OCCO1. The van der Waals surface area contributed by atoms with Crippen LogP contribution in [0.5, 0.6) is 0 Å². The van der Waals surface area contributed by atoms with Crippen LogP contribution in [0.25, 0.3) is 0 Å². The van der Waals surface area contributed by atoms with Crippen molar-refractivity contribution in [1.29, 1.82) is 0 Å². The van der Waals surface area contributed by atoms with E-state index in [0.29, 0.717) is 13.2 Å². The molecular formula is C18H23NO3. The molecule has 2 saturated heterocycles. The number of fused-ring (bicyclic) bond motifs is 1. The van der Waals surface area contributed by atoms with E-state index in [1.54, 1.807) is 0 Å². The summed E-state index contributed by atoms with van der Waals surface area (Å²) in [5, 5.41) is 0. The van der Waals surface area contributed by atoms with E-state index in [-0.39, 0.29) is 18.2 Å². The molecule has 2 heterocycles. The zero-order chi connectivity index (χ0) is 14.9. The Morgan fingerprint density at radius 2 is 1.86 bits per heavy atom. The second-order valence-corrected chi connectivity index (χ2v) is 6.51. The Bertz CT molecular complexity index is 565. The van der Waals surface area contributed by atoms with E-state index in [4.69, 9.17) is 9.47 Å². The predicted octanol–water partition coefficient (Wildman–Crippen LogP) is 2.54. The van der Waals surface area contributed by atoms with E-state index in [2.05, 4.69) is 12.1 Å². The molecule has 118 valence electrons. The van der Waals surface area contributed by atoms with Gasteiger partial charge >= 0.3 is 0 Å². The van der Waals surface area contributed by atoms with Gasteiger partial charge in [0.25, 0.3) is 5.91 Å². The molecule has 2 aliphatic heterocycles. The molecule has 1 unspecified atom stereocenters. The maximum Gasteiger partial charge on any atom is 0.254 e. The minimum absolute atomic E-state index is 0.0667. The van der Waals surface area contributed by atoms with Crippen LogP contribution >= 0.6 is 0 Å². The number of rotatable bonds is 2. The van der Waals surface area contributed by atoms with Gasteiger partial charge in [0.15, 0.2) is 6.29 Å². The highest BCUT2D eigenvalue weighted by Gasteiger charge is 2.36. The van der Waals surface area contributed by atoms with Crippen LogP contribution in [-0.4, -0.2) is 42.9 Å². The summed E-state index contributed by atoms with van der Waals surface area (Å²) in [4.78, 5) is 15.0. The maximum atomic E-state index is 13.0. The minimum Gasteiger partial charge on any atom is -0.348 e. The van der Waals surface area contributed by atoms with Gasteiger partial charge in [0.05, 0.1) is 19.3 Å². The van der Waals surface area contributed by atoms with Crippen LogP contribution in [0.2, 0.25) is 0 Å². The Morgan fingerprint density at radius 1 is 1.05 bits per heavy atom. The van der Waals surface area contributed by atoms with Gasteiger partial charge in [0.2, 0.25) is 0 Å². The summed E-state index contributed by atoms with van der Waals surface area (Å²) in [6, 6.07) is 6.30. The molecule has 0 spiro atoms. The van der Waals surface area contributed by atoms with E-state index >= 15 is 0 Å². The van der Waals surface area contributed by atoms with Crippen molar-refractivity contribution >= 4 is 5.91 Å². The number of amides is 1. The highest BCUT2D eigenvalue weighted by Crippen LogP contribution is 2.28. The van der Waals surface area contributed by atoms with Crippen LogP contribution in [-0.2, 0) is 22.3 Å².